The average molecular weight is 238 g/mol. The number of carbonyl (C=O) groups is 1. The number of amides is 1. The van der Waals surface area contributed by atoms with Crippen molar-refractivity contribution in [1.82, 2.24) is 0 Å². The van der Waals surface area contributed by atoms with E-state index in [-0.39, 0.29) is 11.7 Å². The van der Waals surface area contributed by atoms with Crippen LogP contribution in [0.2, 0.25) is 0 Å². The summed E-state index contributed by atoms with van der Waals surface area (Å²) in [5.41, 5.74) is 5.58. The highest BCUT2D eigenvalue weighted by atomic mass is 19.1. The van der Waals surface area contributed by atoms with Gasteiger partial charge in [0.2, 0.25) is 5.91 Å². The highest BCUT2D eigenvalue weighted by molar-refractivity contribution is 5.95. The molecule has 0 saturated heterocycles. The third-order valence-electron chi connectivity index (χ3n) is 3.31. The van der Waals surface area contributed by atoms with E-state index in [0.717, 1.165) is 0 Å². The van der Waals surface area contributed by atoms with E-state index in [1.807, 2.05) is 13.8 Å². The Morgan fingerprint density at radius 2 is 2.06 bits per heavy atom. The molecule has 0 aliphatic heterocycles. The molecular weight excluding hydrogens is 219 g/mol. The van der Waals surface area contributed by atoms with E-state index in [2.05, 4.69) is 5.32 Å². The smallest absolute Gasteiger partial charge is 0.231 e. The minimum absolute atomic E-state index is 0.143. The van der Waals surface area contributed by atoms with Gasteiger partial charge in [-0.15, -0.1) is 0 Å². The Bertz CT molecular complexity index is 380. The predicted octanol–water partition coefficient (Wildman–Crippen LogP) is 2.53. The molecule has 4 heteroatoms. The lowest BCUT2D eigenvalue weighted by atomic mass is 9.81. The molecule has 1 aromatic rings. The zero-order valence-corrected chi connectivity index (χ0v) is 10.3. The molecular formula is C13H19FN2O. The third kappa shape index (κ3) is 3.03. The van der Waals surface area contributed by atoms with Gasteiger partial charge in [-0.3, -0.25) is 4.79 Å². The van der Waals surface area contributed by atoms with Gasteiger partial charge in [0.25, 0.3) is 0 Å². The van der Waals surface area contributed by atoms with Gasteiger partial charge in [0, 0.05) is 12.2 Å². The van der Waals surface area contributed by atoms with Crippen LogP contribution in [0.15, 0.2) is 24.3 Å². The number of halogens is 1. The van der Waals surface area contributed by atoms with E-state index < -0.39 is 5.41 Å². The molecule has 0 heterocycles. The Morgan fingerprint density at radius 3 is 2.53 bits per heavy atom. The lowest BCUT2D eigenvalue weighted by Gasteiger charge is -2.28. The minimum atomic E-state index is -0.563. The van der Waals surface area contributed by atoms with E-state index in [1.165, 1.54) is 12.1 Å². The normalized spacial score (nSPS) is 11.3. The Morgan fingerprint density at radius 1 is 1.41 bits per heavy atom. The van der Waals surface area contributed by atoms with Gasteiger partial charge >= 0.3 is 0 Å². The first kappa shape index (κ1) is 13.6. The van der Waals surface area contributed by atoms with Crippen molar-refractivity contribution in [2.75, 3.05) is 11.9 Å². The van der Waals surface area contributed by atoms with Crippen molar-refractivity contribution < 1.29 is 9.18 Å². The van der Waals surface area contributed by atoms with Crippen LogP contribution in [0.25, 0.3) is 0 Å². The predicted molar refractivity (Wildman–Crippen MR) is 67.1 cm³/mol. The van der Waals surface area contributed by atoms with Gasteiger partial charge in [-0.25, -0.2) is 4.39 Å². The van der Waals surface area contributed by atoms with Gasteiger partial charge in [0.1, 0.15) is 5.82 Å². The lowest BCUT2D eigenvalue weighted by molar-refractivity contribution is -0.125. The van der Waals surface area contributed by atoms with Gasteiger partial charge in [0.15, 0.2) is 0 Å². The van der Waals surface area contributed by atoms with E-state index in [4.69, 9.17) is 5.73 Å². The summed E-state index contributed by atoms with van der Waals surface area (Å²) in [7, 11) is 0. The van der Waals surface area contributed by atoms with Crippen molar-refractivity contribution in [3.8, 4) is 0 Å². The van der Waals surface area contributed by atoms with Gasteiger partial charge in [-0.05, 0) is 31.0 Å². The van der Waals surface area contributed by atoms with Crippen LogP contribution < -0.4 is 11.1 Å². The minimum Gasteiger partial charge on any atom is -0.329 e. The second-order valence-electron chi connectivity index (χ2n) is 4.16. The van der Waals surface area contributed by atoms with Gasteiger partial charge in [0.05, 0.1) is 5.41 Å². The molecule has 3 nitrogen and oxygen atoms in total. The summed E-state index contributed by atoms with van der Waals surface area (Å²) in [6, 6.07) is 5.86. The number of anilines is 1. The first-order chi connectivity index (χ1) is 8.07. The van der Waals surface area contributed by atoms with Crippen LogP contribution in [0.5, 0.6) is 0 Å². The molecule has 0 atom stereocenters. The molecule has 1 amide bonds. The maximum Gasteiger partial charge on any atom is 0.231 e. The molecule has 0 aromatic heterocycles. The number of carbonyl (C=O) groups excluding carboxylic acids is 1. The van der Waals surface area contributed by atoms with Crippen LogP contribution in [-0.4, -0.2) is 12.5 Å². The molecule has 0 aliphatic carbocycles. The molecule has 0 radical (unpaired) electrons. The molecule has 0 fully saturated rings. The highest BCUT2D eigenvalue weighted by Crippen LogP contribution is 2.26. The first-order valence-electron chi connectivity index (χ1n) is 5.85. The Hall–Kier alpha value is -1.42. The van der Waals surface area contributed by atoms with Crippen LogP contribution in [0, 0.1) is 11.2 Å². The fourth-order valence-electron chi connectivity index (χ4n) is 1.78. The first-order valence-corrected chi connectivity index (χ1v) is 5.85. The summed E-state index contributed by atoms with van der Waals surface area (Å²) in [5, 5.41) is 2.72. The van der Waals surface area contributed by atoms with Crippen LogP contribution in [0.4, 0.5) is 10.1 Å². The largest absolute Gasteiger partial charge is 0.329 e. The Labute approximate surface area is 101 Å². The molecule has 94 valence electrons. The fraction of sp³-hybridized carbons (Fsp3) is 0.462. The summed E-state index contributed by atoms with van der Waals surface area (Å²) in [4.78, 5) is 12.1. The van der Waals surface area contributed by atoms with Crippen molar-refractivity contribution in [2.24, 2.45) is 11.1 Å². The molecule has 0 spiro atoms. The van der Waals surface area contributed by atoms with Crippen molar-refractivity contribution in [1.29, 1.82) is 0 Å². The second-order valence-corrected chi connectivity index (χ2v) is 4.16. The van der Waals surface area contributed by atoms with Crippen molar-refractivity contribution in [3.63, 3.8) is 0 Å². The van der Waals surface area contributed by atoms with Crippen LogP contribution in [-0.2, 0) is 4.79 Å². The number of nitrogens with one attached hydrogen (secondary N) is 1. The molecule has 0 bridgehead atoms. The fourth-order valence-corrected chi connectivity index (χ4v) is 1.78. The zero-order valence-electron chi connectivity index (χ0n) is 10.3. The number of hydrogen-bond donors (Lipinski definition) is 2. The monoisotopic (exact) mass is 238 g/mol. The number of rotatable bonds is 5. The van der Waals surface area contributed by atoms with Gasteiger partial charge < -0.3 is 11.1 Å². The van der Waals surface area contributed by atoms with E-state index >= 15 is 0 Å². The number of benzene rings is 1. The number of hydrogen-bond acceptors (Lipinski definition) is 2. The number of nitrogens with two attached hydrogens (primary N) is 1. The maximum absolute atomic E-state index is 13.0. The second kappa shape index (κ2) is 5.77. The molecule has 0 unspecified atom stereocenters. The van der Waals surface area contributed by atoms with Gasteiger partial charge in [-0.2, -0.15) is 0 Å². The molecule has 1 rings (SSSR count). The molecule has 0 aliphatic rings. The van der Waals surface area contributed by atoms with E-state index in [0.29, 0.717) is 25.1 Å². The Kier molecular flexibility index (Phi) is 4.63. The summed E-state index contributed by atoms with van der Waals surface area (Å²) < 4.78 is 13.0. The van der Waals surface area contributed by atoms with Crippen LogP contribution in [0.1, 0.15) is 26.7 Å². The SMILES string of the molecule is CCC(CC)(CN)C(=O)Nc1cccc(F)c1. The topological polar surface area (TPSA) is 55.1 Å². The quantitative estimate of drug-likeness (QED) is 0.828. The van der Waals surface area contributed by atoms with Crippen LogP contribution >= 0.6 is 0 Å². The molecule has 1 aromatic carbocycles. The standard InChI is InChI=1S/C13H19FN2O/c1-3-13(4-2,9-15)12(17)16-11-7-5-6-10(14)8-11/h5-8H,3-4,9,15H2,1-2H3,(H,16,17). The van der Waals surface area contributed by atoms with E-state index in [1.54, 1.807) is 12.1 Å². The average Bonchev–Trinajstić information content (AvgIpc) is 2.32. The summed E-state index contributed by atoms with van der Waals surface area (Å²) in [6.07, 6.45) is 1.34. The highest BCUT2D eigenvalue weighted by Gasteiger charge is 2.33. The molecule has 17 heavy (non-hydrogen) atoms. The molecule has 3 N–H and O–H groups in total. The van der Waals surface area contributed by atoms with Gasteiger partial charge in [-0.1, -0.05) is 19.9 Å². The third-order valence-corrected chi connectivity index (χ3v) is 3.31. The lowest BCUT2D eigenvalue weighted by Crippen LogP contribution is -2.41. The van der Waals surface area contributed by atoms with Crippen LogP contribution in [0.3, 0.4) is 0 Å². The Balaban J connectivity index is 2.84. The maximum atomic E-state index is 13.0. The summed E-state index contributed by atoms with van der Waals surface area (Å²) >= 11 is 0. The summed E-state index contributed by atoms with van der Waals surface area (Å²) in [5.74, 6) is -0.509. The van der Waals surface area contributed by atoms with Crippen molar-refractivity contribution in [3.05, 3.63) is 30.1 Å². The zero-order chi connectivity index (χ0) is 12.9. The van der Waals surface area contributed by atoms with Crippen molar-refractivity contribution >= 4 is 11.6 Å². The van der Waals surface area contributed by atoms with E-state index in [9.17, 15) is 9.18 Å². The summed E-state index contributed by atoms with van der Waals surface area (Å²) in [6.45, 7) is 4.16. The molecule has 0 saturated carbocycles. The van der Waals surface area contributed by atoms with Crippen molar-refractivity contribution in [2.45, 2.75) is 26.7 Å².